The summed E-state index contributed by atoms with van der Waals surface area (Å²) in [7, 11) is 0. The molecule has 1 saturated heterocycles. The molecule has 0 unspecified atom stereocenters. The molecule has 5 heteroatoms. The summed E-state index contributed by atoms with van der Waals surface area (Å²) in [6.45, 7) is 5.28. The van der Waals surface area contributed by atoms with Crippen LogP contribution < -0.4 is 14.7 Å². The summed E-state index contributed by atoms with van der Waals surface area (Å²) in [6, 6.07) is 7.34. The molecule has 0 amide bonds. The van der Waals surface area contributed by atoms with Crippen LogP contribution in [0.2, 0.25) is 0 Å². The number of carbonyl (C=O) groups is 1. The van der Waals surface area contributed by atoms with Crippen molar-refractivity contribution in [2.75, 3.05) is 39.5 Å². The van der Waals surface area contributed by atoms with Gasteiger partial charge in [0.05, 0.1) is 19.2 Å². The number of morpholine rings is 1. The molecule has 1 heterocycles. The highest BCUT2D eigenvalue weighted by Crippen LogP contribution is 2.14. The van der Waals surface area contributed by atoms with Gasteiger partial charge in [-0.25, -0.2) is 0 Å². The van der Waals surface area contributed by atoms with Gasteiger partial charge in [0.15, 0.2) is 0 Å². The van der Waals surface area contributed by atoms with E-state index in [0.29, 0.717) is 6.61 Å². The Labute approximate surface area is 118 Å². The molecule has 1 N–H and O–H groups in total. The van der Waals surface area contributed by atoms with E-state index in [-0.39, 0.29) is 0 Å². The molecule has 108 valence electrons. The average Bonchev–Trinajstić information content (AvgIpc) is 2.47. The van der Waals surface area contributed by atoms with Gasteiger partial charge < -0.3 is 24.3 Å². The number of hydrogen-bond acceptors (Lipinski definition) is 4. The normalized spacial score (nSPS) is 16.4. The summed E-state index contributed by atoms with van der Waals surface area (Å²) >= 11 is 0. The molecule has 0 saturated carbocycles. The number of carbonyl (C=O) groups excluding carboxylic acids is 1. The van der Waals surface area contributed by atoms with Gasteiger partial charge in [-0.3, -0.25) is 0 Å². The summed E-state index contributed by atoms with van der Waals surface area (Å²) in [5.74, 6) is -0.453. The van der Waals surface area contributed by atoms with Gasteiger partial charge in [-0.1, -0.05) is 18.2 Å². The van der Waals surface area contributed by atoms with Crippen LogP contribution in [0.3, 0.4) is 0 Å². The lowest BCUT2D eigenvalue weighted by Gasteiger charge is -2.23. The highest BCUT2D eigenvalue weighted by atomic mass is 16.5. The van der Waals surface area contributed by atoms with Crippen molar-refractivity contribution in [1.82, 2.24) is 0 Å². The Morgan fingerprint density at radius 2 is 2.20 bits per heavy atom. The molecular formula is C15H19NO4. The van der Waals surface area contributed by atoms with Crippen molar-refractivity contribution in [3.63, 3.8) is 0 Å². The Balaban J connectivity index is 1.80. The number of carboxylic acid groups (broad SMARTS) is 1. The van der Waals surface area contributed by atoms with Crippen molar-refractivity contribution >= 4 is 12.0 Å². The number of aliphatic carboxylic acids is 1. The fourth-order valence-electron chi connectivity index (χ4n) is 2.10. The van der Waals surface area contributed by atoms with Crippen LogP contribution in [-0.2, 0) is 9.53 Å². The van der Waals surface area contributed by atoms with Crippen molar-refractivity contribution in [3.8, 4) is 5.75 Å². The maximum absolute atomic E-state index is 10.4. The third-order valence-corrected chi connectivity index (χ3v) is 3.19. The molecule has 2 rings (SSSR count). The zero-order chi connectivity index (χ0) is 14.2. The number of carboxylic acids is 1. The van der Waals surface area contributed by atoms with Crippen molar-refractivity contribution in [1.29, 1.82) is 0 Å². The number of ether oxygens (including phenoxy) is 2. The van der Waals surface area contributed by atoms with Gasteiger partial charge in [-0.2, -0.15) is 0 Å². The van der Waals surface area contributed by atoms with Crippen LogP contribution in [0.1, 0.15) is 5.56 Å². The van der Waals surface area contributed by atoms with Crippen LogP contribution in [0.25, 0.3) is 6.08 Å². The minimum absolute atomic E-state index is 0.642. The largest absolute Gasteiger partial charge is 0.545 e. The maximum atomic E-state index is 10.4. The fraction of sp³-hybridized carbons (Fsp3) is 0.400. The van der Waals surface area contributed by atoms with E-state index in [1.54, 1.807) is 0 Å². The summed E-state index contributed by atoms with van der Waals surface area (Å²) in [6.07, 6.45) is 2.51. The number of hydrogen-bond donors (Lipinski definition) is 1. The Hall–Kier alpha value is -1.85. The summed E-state index contributed by atoms with van der Waals surface area (Å²) in [5.41, 5.74) is 0.783. The molecule has 1 aliphatic heterocycles. The van der Waals surface area contributed by atoms with Crippen LogP contribution in [0.15, 0.2) is 30.3 Å². The van der Waals surface area contributed by atoms with Crippen LogP contribution in [0.4, 0.5) is 0 Å². The molecule has 0 aliphatic carbocycles. The summed E-state index contributed by atoms with van der Waals surface area (Å²) in [5, 5.41) is 10.4. The van der Waals surface area contributed by atoms with E-state index in [1.165, 1.54) is 11.0 Å². The lowest BCUT2D eigenvalue weighted by atomic mass is 10.2. The molecule has 20 heavy (non-hydrogen) atoms. The minimum atomic E-state index is -1.20. The molecule has 1 aromatic carbocycles. The topological polar surface area (TPSA) is 63.0 Å². The van der Waals surface area contributed by atoms with Crippen molar-refractivity contribution in [2.24, 2.45) is 0 Å². The molecule has 1 aliphatic rings. The van der Waals surface area contributed by atoms with E-state index in [2.05, 4.69) is 0 Å². The molecule has 0 atom stereocenters. The highest BCUT2D eigenvalue weighted by molar-refractivity contribution is 5.83. The van der Waals surface area contributed by atoms with Crippen LogP contribution in [-0.4, -0.2) is 45.4 Å². The van der Waals surface area contributed by atoms with Gasteiger partial charge in [0, 0.05) is 0 Å². The van der Waals surface area contributed by atoms with E-state index >= 15 is 0 Å². The minimum Gasteiger partial charge on any atom is -0.545 e. The van der Waals surface area contributed by atoms with Gasteiger partial charge >= 0.3 is 0 Å². The molecule has 1 aromatic rings. The van der Waals surface area contributed by atoms with Crippen molar-refractivity contribution in [2.45, 2.75) is 0 Å². The van der Waals surface area contributed by atoms with Crippen LogP contribution in [0.5, 0.6) is 5.75 Å². The van der Waals surface area contributed by atoms with Gasteiger partial charge in [0.2, 0.25) is 0 Å². The molecule has 0 spiro atoms. The summed E-state index contributed by atoms with van der Waals surface area (Å²) < 4.78 is 11.0. The molecule has 1 fully saturated rings. The molecule has 5 nitrogen and oxygen atoms in total. The Kier molecular flexibility index (Phi) is 5.58. The third kappa shape index (κ3) is 5.03. The first-order valence-electron chi connectivity index (χ1n) is 6.77. The maximum Gasteiger partial charge on any atom is 0.137 e. The number of benzene rings is 1. The predicted molar refractivity (Wildman–Crippen MR) is 72.4 cm³/mol. The highest BCUT2D eigenvalue weighted by Gasteiger charge is 2.13. The third-order valence-electron chi connectivity index (χ3n) is 3.19. The van der Waals surface area contributed by atoms with E-state index in [1.807, 2.05) is 24.3 Å². The molecular weight excluding hydrogens is 258 g/mol. The van der Waals surface area contributed by atoms with Crippen LogP contribution >= 0.6 is 0 Å². The molecule has 0 bridgehead atoms. The Morgan fingerprint density at radius 3 is 2.95 bits per heavy atom. The lowest BCUT2D eigenvalue weighted by Crippen LogP contribution is -3.14. The quantitative estimate of drug-likeness (QED) is 0.660. The first kappa shape index (κ1) is 14.6. The number of rotatable bonds is 6. The molecule has 0 radical (unpaired) electrons. The fourth-order valence-corrected chi connectivity index (χ4v) is 2.10. The standard InChI is InChI=1S/C15H19NO4/c17-15(18)5-4-13-2-1-3-14(12-13)20-11-8-16-6-9-19-10-7-16/h1-5,12H,6-11H2,(H,17,18)/b5-4+. The second-order valence-electron chi connectivity index (χ2n) is 4.69. The zero-order valence-corrected chi connectivity index (χ0v) is 11.3. The Morgan fingerprint density at radius 1 is 1.40 bits per heavy atom. The smallest absolute Gasteiger partial charge is 0.137 e. The zero-order valence-electron chi connectivity index (χ0n) is 11.3. The average molecular weight is 277 g/mol. The van der Waals surface area contributed by atoms with Gasteiger partial charge in [-0.15, -0.1) is 0 Å². The summed E-state index contributed by atoms with van der Waals surface area (Å²) in [4.78, 5) is 11.9. The van der Waals surface area contributed by atoms with Gasteiger partial charge in [0.1, 0.15) is 32.0 Å². The predicted octanol–water partition coefficient (Wildman–Crippen LogP) is -1.26. The van der Waals surface area contributed by atoms with E-state index < -0.39 is 5.97 Å². The van der Waals surface area contributed by atoms with E-state index in [9.17, 15) is 9.90 Å². The van der Waals surface area contributed by atoms with Crippen molar-refractivity contribution in [3.05, 3.63) is 35.9 Å². The lowest BCUT2D eigenvalue weighted by molar-refractivity contribution is -0.908. The van der Waals surface area contributed by atoms with Gasteiger partial charge in [0.25, 0.3) is 0 Å². The van der Waals surface area contributed by atoms with E-state index in [4.69, 9.17) is 9.47 Å². The van der Waals surface area contributed by atoms with Crippen LogP contribution in [0, 0.1) is 0 Å². The number of quaternary nitrogens is 1. The number of nitrogens with one attached hydrogen (secondary N) is 1. The van der Waals surface area contributed by atoms with E-state index in [0.717, 1.165) is 50.2 Å². The Bertz CT molecular complexity index is 467. The van der Waals surface area contributed by atoms with Gasteiger partial charge in [-0.05, 0) is 23.8 Å². The SMILES string of the molecule is O=C([O-])/C=C/c1cccc(OCC[NH+]2CCOCC2)c1. The first-order valence-corrected chi connectivity index (χ1v) is 6.77. The van der Waals surface area contributed by atoms with Crippen molar-refractivity contribution < 1.29 is 24.3 Å². The monoisotopic (exact) mass is 277 g/mol. The molecule has 0 aromatic heterocycles. The second kappa shape index (κ2) is 7.67. The second-order valence-corrected chi connectivity index (χ2v) is 4.69. The first-order chi connectivity index (χ1) is 9.74.